The number of aryl methyl sites for hydroxylation is 4. The second kappa shape index (κ2) is 4.79. The standard InChI is InChI=1S/C17H19N3/c1-11-8-12(2)16(13(3)9-11)17-14(10-18)20-7-5-4-6-15(20)19-17/h8-9H,4-7H2,1-3H3. The van der Waals surface area contributed by atoms with Crippen molar-refractivity contribution in [1.29, 1.82) is 5.26 Å². The van der Waals surface area contributed by atoms with Crippen molar-refractivity contribution >= 4 is 0 Å². The van der Waals surface area contributed by atoms with Crippen molar-refractivity contribution in [2.75, 3.05) is 0 Å². The highest BCUT2D eigenvalue weighted by molar-refractivity contribution is 5.72. The monoisotopic (exact) mass is 265 g/mol. The topological polar surface area (TPSA) is 41.6 Å². The van der Waals surface area contributed by atoms with Crippen LogP contribution < -0.4 is 0 Å². The van der Waals surface area contributed by atoms with Crippen molar-refractivity contribution in [3.63, 3.8) is 0 Å². The molecule has 0 aliphatic carbocycles. The minimum atomic E-state index is 0.731. The Hall–Kier alpha value is -2.08. The SMILES string of the molecule is Cc1cc(C)c(-c2nc3n(c2C#N)CCCC3)c(C)c1. The molecular formula is C17H19N3. The first-order valence-corrected chi connectivity index (χ1v) is 7.19. The molecular weight excluding hydrogens is 246 g/mol. The van der Waals surface area contributed by atoms with Gasteiger partial charge in [-0.3, -0.25) is 0 Å². The molecule has 2 aromatic rings. The van der Waals surface area contributed by atoms with Crippen molar-refractivity contribution in [2.45, 2.75) is 46.6 Å². The van der Waals surface area contributed by atoms with E-state index in [1.165, 1.54) is 23.1 Å². The van der Waals surface area contributed by atoms with Crippen LogP contribution in [0.15, 0.2) is 12.1 Å². The lowest BCUT2D eigenvalue weighted by Gasteiger charge is -2.13. The number of fused-ring (bicyclic) bond motifs is 1. The molecule has 1 aromatic carbocycles. The van der Waals surface area contributed by atoms with Gasteiger partial charge < -0.3 is 4.57 Å². The summed E-state index contributed by atoms with van der Waals surface area (Å²) in [6, 6.07) is 6.71. The van der Waals surface area contributed by atoms with Crippen molar-refractivity contribution < 1.29 is 0 Å². The van der Waals surface area contributed by atoms with Crippen molar-refractivity contribution in [3.05, 3.63) is 40.3 Å². The summed E-state index contributed by atoms with van der Waals surface area (Å²) in [7, 11) is 0. The summed E-state index contributed by atoms with van der Waals surface area (Å²) in [5, 5.41) is 9.55. The van der Waals surface area contributed by atoms with Crippen LogP contribution in [0.2, 0.25) is 0 Å². The van der Waals surface area contributed by atoms with Crippen molar-refractivity contribution in [1.82, 2.24) is 9.55 Å². The van der Waals surface area contributed by atoms with Crippen LogP contribution in [0.25, 0.3) is 11.3 Å². The van der Waals surface area contributed by atoms with E-state index in [0.29, 0.717) is 0 Å². The van der Waals surface area contributed by atoms with Gasteiger partial charge in [0.05, 0.1) is 0 Å². The van der Waals surface area contributed by atoms with E-state index in [4.69, 9.17) is 4.98 Å². The molecule has 0 saturated carbocycles. The second-order valence-electron chi connectivity index (χ2n) is 5.72. The maximum absolute atomic E-state index is 9.55. The second-order valence-corrected chi connectivity index (χ2v) is 5.72. The quantitative estimate of drug-likeness (QED) is 0.789. The first-order valence-electron chi connectivity index (χ1n) is 7.19. The Morgan fingerprint density at radius 1 is 1.15 bits per heavy atom. The molecule has 0 spiro atoms. The molecule has 1 aliphatic rings. The van der Waals surface area contributed by atoms with Crippen LogP contribution in [0, 0.1) is 32.1 Å². The molecule has 0 amide bonds. The number of imidazole rings is 1. The summed E-state index contributed by atoms with van der Waals surface area (Å²) in [5.74, 6) is 1.07. The minimum absolute atomic E-state index is 0.731. The lowest BCUT2D eigenvalue weighted by molar-refractivity contribution is 0.519. The molecule has 2 heterocycles. The Morgan fingerprint density at radius 2 is 1.85 bits per heavy atom. The molecule has 0 unspecified atom stereocenters. The van der Waals surface area contributed by atoms with E-state index in [0.717, 1.165) is 42.2 Å². The molecule has 3 heteroatoms. The molecule has 0 N–H and O–H groups in total. The predicted octanol–water partition coefficient (Wildman–Crippen LogP) is 3.68. The largest absolute Gasteiger partial charge is 0.319 e. The molecule has 0 bridgehead atoms. The Bertz CT molecular complexity index is 694. The number of aromatic nitrogens is 2. The molecule has 0 saturated heterocycles. The highest BCUT2D eigenvalue weighted by atomic mass is 15.1. The Labute approximate surface area is 119 Å². The zero-order valence-electron chi connectivity index (χ0n) is 12.3. The van der Waals surface area contributed by atoms with Gasteiger partial charge in [0.25, 0.3) is 0 Å². The number of nitriles is 1. The summed E-state index contributed by atoms with van der Waals surface area (Å²) in [6.07, 6.45) is 3.30. The summed E-state index contributed by atoms with van der Waals surface area (Å²) in [6.45, 7) is 7.24. The summed E-state index contributed by atoms with van der Waals surface area (Å²) < 4.78 is 2.11. The number of nitrogens with zero attached hydrogens (tertiary/aromatic N) is 3. The normalized spacial score (nSPS) is 13.9. The zero-order chi connectivity index (χ0) is 14.3. The molecule has 102 valence electrons. The van der Waals surface area contributed by atoms with Crippen LogP contribution in [0.3, 0.4) is 0 Å². The van der Waals surface area contributed by atoms with Gasteiger partial charge in [-0.1, -0.05) is 17.7 Å². The fourth-order valence-corrected chi connectivity index (χ4v) is 3.33. The Kier molecular flexibility index (Phi) is 3.10. The maximum atomic E-state index is 9.55. The highest BCUT2D eigenvalue weighted by Gasteiger charge is 2.22. The van der Waals surface area contributed by atoms with Gasteiger partial charge in [-0.2, -0.15) is 5.26 Å². The van der Waals surface area contributed by atoms with Crippen molar-refractivity contribution in [2.24, 2.45) is 0 Å². The first kappa shape index (κ1) is 12.9. The third-order valence-corrected chi connectivity index (χ3v) is 4.10. The van der Waals surface area contributed by atoms with Gasteiger partial charge >= 0.3 is 0 Å². The van der Waals surface area contributed by atoms with Gasteiger partial charge in [0, 0.05) is 18.5 Å². The van der Waals surface area contributed by atoms with E-state index in [1.807, 2.05) is 0 Å². The highest BCUT2D eigenvalue weighted by Crippen LogP contribution is 2.32. The van der Waals surface area contributed by atoms with E-state index in [1.54, 1.807) is 0 Å². The molecule has 0 fully saturated rings. The molecule has 3 nitrogen and oxygen atoms in total. The van der Waals surface area contributed by atoms with Gasteiger partial charge in [-0.15, -0.1) is 0 Å². The first-order chi connectivity index (χ1) is 9.61. The van der Waals surface area contributed by atoms with E-state index in [9.17, 15) is 5.26 Å². The molecule has 1 aliphatic heterocycles. The summed E-state index contributed by atoms with van der Waals surface area (Å²) in [5.41, 5.74) is 6.40. The lowest BCUT2D eigenvalue weighted by atomic mass is 9.96. The van der Waals surface area contributed by atoms with E-state index >= 15 is 0 Å². The Balaban J connectivity index is 2.26. The molecule has 0 atom stereocenters. The predicted molar refractivity (Wildman–Crippen MR) is 79.5 cm³/mol. The average Bonchev–Trinajstić information content (AvgIpc) is 2.75. The number of benzene rings is 1. The maximum Gasteiger partial charge on any atom is 0.148 e. The fraction of sp³-hybridized carbons (Fsp3) is 0.412. The van der Waals surface area contributed by atoms with E-state index in [2.05, 4.69) is 43.5 Å². The third kappa shape index (κ3) is 1.92. The Morgan fingerprint density at radius 3 is 2.50 bits per heavy atom. The van der Waals surface area contributed by atoms with Crippen LogP contribution in [-0.2, 0) is 13.0 Å². The smallest absolute Gasteiger partial charge is 0.148 e. The molecule has 20 heavy (non-hydrogen) atoms. The number of hydrogen-bond donors (Lipinski definition) is 0. The van der Waals surface area contributed by atoms with Crippen LogP contribution >= 0.6 is 0 Å². The van der Waals surface area contributed by atoms with Gasteiger partial charge in [-0.05, 0) is 44.7 Å². The molecule has 1 aromatic heterocycles. The lowest BCUT2D eigenvalue weighted by Crippen LogP contribution is -2.11. The number of rotatable bonds is 1. The fourth-order valence-electron chi connectivity index (χ4n) is 3.33. The van der Waals surface area contributed by atoms with Crippen LogP contribution in [0.4, 0.5) is 0 Å². The number of hydrogen-bond acceptors (Lipinski definition) is 2. The van der Waals surface area contributed by atoms with E-state index < -0.39 is 0 Å². The van der Waals surface area contributed by atoms with Gasteiger partial charge in [-0.25, -0.2) is 4.98 Å². The average molecular weight is 265 g/mol. The van der Waals surface area contributed by atoms with Crippen LogP contribution in [0.5, 0.6) is 0 Å². The van der Waals surface area contributed by atoms with Gasteiger partial charge in [0.15, 0.2) is 0 Å². The van der Waals surface area contributed by atoms with Crippen LogP contribution in [-0.4, -0.2) is 9.55 Å². The minimum Gasteiger partial charge on any atom is -0.319 e. The zero-order valence-corrected chi connectivity index (χ0v) is 12.3. The molecule has 0 radical (unpaired) electrons. The van der Waals surface area contributed by atoms with Gasteiger partial charge in [0.1, 0.15) is 23.3 Å². The van der Waals surface area contributed by atoms with Crippen molar-refractivity contribution in [3.8, 4) is 17.3 Å². The summed E-state index contributed by atoms with van der Waals surface area (Å²) >= 11 is 0. The van der Waals surface area contributed by atoms with Gasteiger partial charge in [0.2, 0.25) is 0 Å². The van der Waals surface area contributed by atoms with Crippen LogP contribution in [0.1, 0.15) is 41.1 Å². The summed E-state index contributed by atoms with van der Waals surface area (Å²) in [4.78, 5) is 4.78. The van der Waals surface area contributed by atoms with E-state index in [-0.39, 0.29) is 0 Å². The molecule has 3 rings (SSSR count). The third-order valence-electron chi connectivity index (χ3n) is 4.10.